The Hall–Kier alpha value is -2.17. The lowest BCUT2D eigenvalue weighted by molar-refractivity contribution is -0.121. The number of carbonyl (C=O) groups is 1. The predicted molar refractivity (Wildman–Crippen MR) is 95.6 cm³/mol. The molecule has 0 spiro atoms. The van der Waals surface area contributed by atoms with E-state index in [0.717, 1.165) is 24.1 Å². The number of carbonyl (C=O) groups excluding carboxylic acids is 1. The van der Waals surface area contributed by atoms with Crippen molar-refractivity contribution < 1.29 is 9.90 Å². The first-order valence-electron chi connectivity index (χ1n) is 8.40. The van der Waals surface area contributed by atoms with E-state index in [-0.39, 0.29) is 24.6 Å². The van der Waals surface area contributed by atoms with Crippen LogP contribution in [0.5, 0.6) is 0 Å². The number of nitrogens with zero attached hydrogens (tertiary/aromatic N) is 1. The number of aliphatic hydroxyl groups excluding tert-OH is 1. The van der Waals surface area contributed by atoms with Crippen molar-refractivity contribution in [2.45, 2.75) is 24.9 Å². The summed E-state index contributed by atoms with van der Waals surface area (Å²) >= 11 is 0. The molecule has 1 saturated heterocycles. The number of benzene rings is 2. The minimum absolute atomic E-state index is 0.0412. The van der Waals surface area contributed by atoms with Crippen molar-refractivity contribution in [1.82, 2.24) is 10.2 Å². The van der Waals surface area contributed by atoms with Crippen molar-refractivity contribution in [2.24, 2.45) is 0 Å². The van der Waals surface area contributed by atoms with E-state index in [1.54, 1.807) is 0 Å². The fourth-order valence-corrected chi connectivity index (χ4v) is 3.31. The molecule has 0 radical (unpaired) electrons. The van der Waals surface area contributed by atoms with Crippen molar-refractivity contribution in [3.8, 4) is 11.1 Å². The van der Waals surface area contributed by atoms with E-state index >= 15 is 0 Å². The molecule has 0 aromatic heterocycles. The molecule has 3 rings (SSSR count). The number of likely N-dealkylation sites (tertiary alicyclic amines) is 1. The third-order valence-electron chi connectivity index (χ3n) is 4.69. The van der Waals surface area contributed by atoms with Crippen molar-refractivity contribution in [3.63, 3.8) is 0 Å². The van der Waals surface area contributed by atoms with E-state index in [9.17, 15) is 9.90 Å². The highest BCUT2D eigenvalue weighted by Crippen LogP contribution is 2.19. The summed E-state index contributed by atoms with van der Waals surface area (Å²) in [6, 6.07) is 18.6. The van der Waals surface area contributed by atoms with E-state index in [2.05, 4.69) is 34.5 Å². The van der Waals surface area contributed by atoms with Gasteiger partial charge in [0.25, 0.3) is 0 Å². The summed E-state index contributed by atoms with van der Waals surface area (Å²) in [7, 11) is 1.98. The number of rotatable bonds is 5. The molecule has 0 bridgehead atoms. The zero-order valence-electron chi connectivity index (χ0n) is 14.0. The maximum atomic E-state index is 12.2. The Morgan fingerprint density at radius 1 is 1.12 bits per heavy atom. The van der Waals surface area contributed by atoms with Crippen LogP contribution in [0.3, 0.4) is 0 Å². The van der Waals surface area contributed by atoms with Gasteiger partial charge in [0, 0.05) is 18.6 Å². The number of nitrogens with one attached hydrogen (secondary N) is 1. The highest BCUT2D eigenvalue weighted by Gasteiger charge is 2.29. The summed E-state index contributed by atoms with van der Waals surface area (Å²) in [6.07, 6.45) is 1.20. The normalized spacial score (nSPS) is 20.9. The number of hydrogen-bond donors (Lipinski definition) is 2. The van der Waals surface area contributed by atoms with Crippen molar-refractivity contribution in [1.29, 1.82) is 0 Å². The van der Waals surface area contributed by atoms with Crippen LogP contribution >= 0.6 is 0 Å². The number of hydrogen-bond acceptors (Lipinski definition) is 3. The molecule has 2 aromatic rings. The molecule has 2 N–H and O–H groups in total. The molecule has 0 aliphatic carbocycles. The molecule has 2 atom stereocenters. The van der Waals surface area contributed by atoms with Crippen LogP contribution in [0.4, 0.5) is 0 Å². The molecular weight excluding hydrogens is 300 g/mol. The number of amides is 1. The maximum Gasteiger partial charge on any atom is 0.224 e. The molecule has 0 saturated carbocycles. The van der Waals surface area contributed by atoms with Crippen LogP contribution in [-0.4, -0.2) is 48.2 Å². The van der Waals surface area contributed by atoms with E-state index in [0.29, 0.717) is 6.42 Å². The summed E-state index contributed by atoms with van der Waals surface area (Å²) in [5.74, 6) is 0.0412. The lowest BCUT2D eigenvalue weighted by atomic mass is 10.0. The summed E-state index contributed by atoms with van der Waals surface area (Å²) in [4.78, 5) is 14.3. The molecule has 4 nitrogen and oxygen atoms in total. The number of aliphatic hydroxyl groups is 1. The van der Waals surface area contributed by atoms with Gasteiger partial charge in [0.1, 0.15) is 0 Å². The first-order chi connectivity index (χ1) is 11.7. The van der Waals surface area contributed by atoms with Gasteiger partial charge < -0.3 is 10.4 Å². The standard InChI is InChI=1S/C20H24N2O2/c1-22-13-18(12-19(22)14-23)21-20(24)11-15-7-9-17(10-8-15)16-5-3-2-4-6-16/h2-10,18-19,23H,11-14H2,1H3,(H,21,24)/t18-,19+/m1/s1. The van der Waals surface area contributed by atoms with Crippen LogP contribution in [0, 0.1) is 0 Å². The van der Waals surface area contributed by atoms with Crippen molar-refractivity contribution >= 4 is 5.91 Å². The third-order valence-corrected chi connectivity index (χ3v) is 4.69. The summed E-state index contributed by atoms with van der Waals surface area (Å²) in [5.41, 5.74) is 3.35. The fourth-order valence-electron chi connectivity index (χ4n) is 3.31. The quantitative estimate of drug-likeness (QED) is 0.885. The van der Waals surface area contributed by atoms with Crippen molar-refractivity contribution in [3.05, 3.63) is 60.2 Å². The van der Waals surface area contributed by atoms with E-state index < -0.39 is 0 Å². The molecular formula is C20H24N2O2. The van der Waals surface area contributed by atoms with Gasteiger partial charge in [0.15, 0.2) is 0 Å². The SMILES string of the molecule is CN1C[C@H](NC(=O)Cc2ccc(-c3ccccc3)cc2)C[C@H]1CO. The third kappa shape index (κ3) is 4.02. The highest BCUT2D eigenvalue weighted by atomic mass is 16.3. The van der Waals surface area contributed by atoms with Gasteiger partial charge in [-0.2, -0.15) is 0 Å². The van der Waals surface area contributed by atoms with Crippen LogP contribution in [0.15, 0.2) is 54.6 Å². The van der Waals surface area contributed by atoms with Gasteiger partial charge in [-0.15, -0.1) is 0 Å². The van der Waals surface area contributed by atoms with Crippen LogP contribution in [-0.2, 0) is 11.2 Å². The average Bonchev–Trinajstić information content (AvgIpc) is 2.95. The summed E-state index contributed by atoms with van der Waals surface area (Å²) in [6.45, 7) is 0.938. The summed E-state index contributed by atoms with van der Waals surface area (Å²) in [5, 5.41) is 12.4. The monoisotopic (exact) mass is 324 g/mol. The second-order valence-electron chi connectivity index (χ2n) is 6.52. The van der Waals surface area contributed by atoms with Gasteiger partial charge in [-0.3, -0.25) is 9.69 Å². The average molecular weight is 324 g/mol. The molecule has 0 unspecified atom stereocenters. The van der Waals surface area contributed by atoms with Gasteiger partial charge in [0.2, 0.25) is 5.91 Å². The van der Waals surface area contributed by atoms with Crippen LogP contribution < -0.4 is 5.32 Å². The lowest BCUT2D eigenvalue weighted by Crippen LogP contribution is -2.37. The Balaban J connectivity index is 1.55. The zero-order chi connectivity index (χ0) is 16.9. The smallest absolute Gasteiger partial charge is 0.224 e. The van der Waals surface area contributed by atoms with E-state index in [1.165, 1.54) is 5.56 Å². The molecule has 1 aliphatic rings. The number of likely N-dealkylation sites (N-methyl/N-ethyl adjacent to an activating group) is 1. The van der Waals surface area contributed by atoms with E-state index in [1.807, 2.05) is 37.4 Å². The maximum absolute atomic E-state index is 12.2. The van der Waals surface area contributed by atoms with Gasteiger partial charge in [-0.25, -0.2) is 0 Å². The second-order valence-corrected chi connectivity index (χ2v) is 6.52. The summed E-state index contributed by atoms with van der Waals surface area (Å²) < 4.78 is 0. The molecule has 2 aromatic carbocycles. The highest BCUT2D eigenvalue weighted by molar-refractivity contribution is 5.79. The lowest BCUT2D eigenvalue weighted by Gasteiger charge is -2.15. The van der Waals surface area contributed by atoms with Crippen LogP contribution in [0.25, 0.3) is 11.1 Å². The molecule has 126 valence electrons. The van der Waals surface area contributed by atoms with Crippen molar-refractivity contribution in [2.75, 3.05) is 20.2 Å². The Morgan fingerprint density at radius 2 is 1.79 bits per heavy atom. The van der Waals surface area contributed by atoms with Crippen LogP contribution in [0.2, 0.25) is 0 Å². The largest absolute Gasteiger partial charge is 0.395 e. The Bertz CT molecular complexity index is 670. The Labute approximate surface area is 143 Å². The van der Waals surface area contributed by atoms with E-state index in [4.69, 9.17) is 0 Å². The molecule has 24 heavy (non-hydrogen) atoms. The van der Waals surface area contributed by atoms with Gasteiger partial charge in [0.05, 0.1) is 13.0 Å². The topological polar surface area (TPSA) is 52.6 Å². The molecule has 1 heterocycles. The first kappa shape index (κ1) is 16.7. The van der Waals surface area contributed by atoms with Gasteiger partial charge >= 0.3 is 0 Å². The predicted octanol–water partition coefficient (Wildman–Crippen LogP) is 2.08. The Morgan fingerprint density at radius 3 is 2.42 bits per heavy atom. The molecule has 4 heteroatoms. The molecule has 1 amide bonds. The minimum Gasteiger partial charge on any atom is -0.395 e. The minimum atomic E-state index is 0.0412. The van der Waals surface area contributed by atoms with Gasteiger partial charge in [-0.05, 0) is 30.2 Å². The first-order valence-corrected chi connectivity index (χ1v) is 8.40. The fraction of sp³-hybridized carbons (Fsp3) is 0.350. The zero-order valence-corrected chi connectivity index (χ0v) is 14.0. The Kier molecular flexibility index (Phi) is 5.28. The molecule has 1 aliphatic heterocycles. The molecule has 1 fully saturated rings. The second kappa shape index (κ2) is 7.60. The van der Waals surface area contributed by atoms with Crippen LogP contribution in [0.1, 0.15) is 12.0 Å². The van der Waals surface area contributed by atoms with Gasteiger partial charge in [-0.1, -0.05) is 54.6 Å².